The minimum absolute atomic E-state index is 0.104. The summed E-state index contributed by atoms with van der Waals surface area (Å²) in [6, 6.07) is 10.9. The molecule has 144 valence electrons. The SMILES string of the molecule is C[C@@]1(c2ccc3c(c2)OCO3)NC(=O)N(CC(=O)Nc2ccc(Cl)cc2)C1=O. The minimum Gasteiger partial charge on any atom is -0.454 e. The fourth-order valence-corrected chi connectivity index (χ4v) is 3.25. The molecule has 1 fully saturated rings. The second-order valence-electron chi connectivity index (χ2n) is 6.57. The van der Waals surface area contributed by atoms with Crippen molar-refractivity contribution >= 4 is 35.1 Å². The van der Waals surface area contributed by atoms with Gasteiger partial charge in [0.2, 0.25) is 12.7 Å². The van der Waals surface area contributed by atoms with Crippen molar-refractivity contribution < 1.29 is 23.9 Å². The molecule has 0 unspecified atom stereocenters. The van der Waals surface area contributed by atoms with Crippen molar-refractivity contribution in [1.82, 2.24) is 10.2 Å². The van der Waals surface area contributed by atoms with Gasteiger partial charge in [-0.2, -0.15) is 0 Å². The normalized spacial score (nSPS) is 20.3. The lowest BCUT2D eigenvalue weighted by Crippen LogP contribution is -2.42. The number of fused-ring (bicyclic) bond motifs is 1. The van der Waals surface area contributed by atoms with E-state index in [2.05, 4.69) is 10.6 Å². The first-order chi connectivity index (χ1) is 13.4. The molecule has 0 saturated carbocycles. The monoisotopic (exact) mass is 401 g/mol. The largest absolute Gasteiger partial charge is 0.454 e. The van der Waals surface area contributed by atoms with E-state index in [9.17, 15) is 14.4 Å². The molecule has 4 amide bonds. The molecular weight excluding hydrogens is 386 g/mol. The van der Waals surface area contributed by atoms with Gasteiger partial charge in [-0.15, -0.1) is 0 Å². The summed E-state index contributed by atoms with van der Waals surface area (Å²) in [5, 5.41) is 5.82. The lowest BCUT2D eigenvalue weighted by Gasteiger charge is -2.22. The van der Waals surface area contributed by atoms with Crippen LogP contribution >= 0.6 is 11.6 Å². The molecule has 28 heavy (non-hydrogen) atoms. The molecule has 2 aromatic carbocycles. The number of anilines is 1. The Morgan fingerprint density at radius 1 is 1.18 bits per heavy atom. The number of rotatable bonds is 4. The summed E-state index contributed by atoms with van der Waals surface area (Å²) < 4.78 is 10.6. The van der Waals surface area contributed by atoms with Crippen LogP contribution in [0.2, 0.25) is 5.02 Å². The van der Waals surface area contributed by atoms with Crippen LogP contribution in [0.5, 0.6) is 11.5 Å². The van der Waals surface area contributed by atoms with Gasteiger partial charge in [0.15, 0.2) is 11.5 Å². The van der Waals surface area contributed by atoms with E-state index in [0.717, 1.165) is 4.90 Å². The lowest BCUT2D eigenvalue weighted by molar-refractivity contribution is -0.133. The predicted molar refractivity (Wildman–Crippen MR) is 100 cm³/mol. The zero-order valence-corrected chi connectivity index (χ0v) is 15.6. The number of amides is 4. The molecular formula is C19H16ClN3O5. The summed E-state index contributed by atoms with van der Waals surface area (Å²) in [5.74, 6) is 0.0476. The zero-order chi connectivity index (χ0) is 19.9. The Kier molecular flexibility index (Phi) is 4.35. The fraction of sp³-hybridized carbons (Fsp3) is 0.211. The number of nitrogens with one attached hydrogen (secondary N) is 2. The van der Waals surface area contributed by atoms with E-state index < -0.39 is 29.9 Å². The average Bonchev–Trinajstić information content (AvgIpc) is 3.22. The number of carbonyl (C=O) groups is 3. The summed E-state index contributed by atoms with van der Waals surface area (Å²) in [4.78, 5) is 38.5. The molecule has 2 N–H and O–H groups in total. The third-order valence-corrected chi connectivity index (χ3v) is 4.91. The van der Waals surface area contributed by atoms with Crippen molar-refractivity contribution in [3.8, 4) is 11.5 Å². The number of halogens is 1. The molecule has 1 atom stereocenters. The van der Waals surface area contributed by atoms with Crippen LogP contribution in [0, 0.1) is 0 Å². The Labute approximate surface area is 165 Å². The van der Waals surface area contributed by atoms with Crippen LogP contribution in [-0.4, -0.2) is 36.1 Å². The molecule has 2 aliphatic heterocycles. The Hall–Kier alpha value is -3.26. The smallest absolute Gasteiger partial charge is 0.325 e. The first kappa shape index (κ1) is 18.1. The maximum Gasteiger partial charge on any atom is 0.325 e. The first-order valence-corrected chi connectivity index (χ1v) is 8.84. The number of benzene rings is 2. The average molecular weight is 402 g/mol. The molecule has 0 radical (unpaired) electrons. The molecule has 8 nitrogen and oxygen atoms in total. The van der Waals surface area contributed by atoms with E-state index in [-0.39, 0.29) is 6.79 Å². The second kappa shape index (κ2) is 6.72. The summed E-state index contributed by atoms with van der Waals surface area (Å²) in [6.45, 7) is 1.28. The molecule has 2 aromatic rings. The van der Waals surface area contributed by atoms with Gasteiger partial charge in [0, 0.05) is 10.7 Å². The van der Waals surface area contributed by atoms with E-state index in [1.807, 2.05) is 0 Å². The van der Waals surface area contributed by atoms with Crippen molar-refractivity contribution in [2.75, 3.05) is 18.7 Å². The molecule has 0 aromatic heterocycles. The van der Waals surface area contributed by atoms with Crippen LogP contribution in [0.1, 0.15) is 12.5 Å². The predicted octanol–water partition coefficient (Wildman–Crippen LogP) is 2.47. The third-order valence-electron chi connectivity index (χ3n) is 4.65. The molecule has 2 heterocycles. The van der Waals surface area contributed by atoms with Gasteiger partial charge in [0.1, 0.15) is 12.1 Å². The van der Waals surface area contributed by atoms with Crippen molar-refractivity contribution in [1.29, 1.82) is 0 Å². The van der Waals surface area contributed by atoms with Crippen LogP contribution in [0.4, 0.5) is 10.5 Å². The van der Waals surface area contributed by atoms with E-state index in [4.69, 9.17) is 21.1 Å². The van der Waals surface area contributed by atoms with E-state index in [1.165, 1.54) is 0 Å². The quantitative estimate of drug-likeness (QED) is 0.767. The molecule has 0 bridgehead atoms. The lowest BCUT2D eigenvalue weighted by atomic mass is 9.91. The van der Waals surface area contributed by atoms with Crippen molar-refractivity contribution in [3.05, 3.63) is 53.1 Å². The third kappa shape index (κ3) is 3.11. The molecule has 2 aliphatic rings. The zero-order valence-electron chi connectivity index (χ0n) is 14.8. The van der Waals surface area contributed by atoms with Gasteiger partial charge in [0.05, 0.1) is 0 Å². The molecule has 9 heteroatoms. The van der Waals surface area contributed by atoms with Crippen LogP contribution in [0.25, 0.3) is 0 Å². The van der Waals surface area contributed by atoms with Crippen molar-refractivity contribution in [2.45, 2.75) is 12.5 Å². The number of nitrogens with zero attached hydrogens (tertiary/aromatic N) is 1. The number of hydrogen-bond acceptors (Lipinski definition) is 5. The minimum atomic E-state index is -1.31. The summed E-state index contributed by atoms with van der Waals surface area (Å²) in [5.41, 5.74) is -0.255. The maximum absolute atomic E-state index is 12.9. The van der Waals surface area contributed by atoms with Crippen LogP contribution < -0.4 is 20.1 Å². The topological polar surface area (TPSA) is 97.0 Å². The van der Waals surface area contributed by atoms with Gasteiger partial charge in [-0.25, -0.2) is 4.79 Å². The molecule has 1 saturated heterocycles. The summed E-state index contributed by atoms with van der Waals surface area (Å²) >= 11 is 5.81. The van der Waals surface area contributed by atoms with E-state index in [1.54, 1.807) is 49.4 Å². The molecule has 0 spiro atoms. The standard InChI is InChI=1S/C19H16ClN3O5/c1-19(11-2-7-14-15(8-11)28-10-27-14)17(25)23(18(26)22-19)9-16(24)21-13-5-3-12(20)4-6-13/h2-8H,9-10H2,1H3,(H,21,24)(H,22,26)/t19-/m0/s1. The van der Waals surface area contributed by atoms with Gasteiger partial charge in [-0.05, 0) is 48.9 Å². The highest BCUT2D eigenvalue weighted by Gasteiger charge is 2.49. The number of carbonyl (C=O) groups excluding carboxylic acids is 3. The van der Waals surface area contributed by atoms with Crippen molar-refractivity contribution in [2.24, 2.45) is 0 Å². The van der Waals surface area contributed by atoms with Crippen LogP contribution in [-0.2, 0) is 15.1 Å². The van der Waals surface area contributed by atoms with Crippen molar-refractivity contribution in [3.63, 3.8) is 0 Å². The van der Waals surface area contributed by atoms with Crippen LogP contribution in [0.3, 0.4) is 0 Å². The van der Waals surface area contributed by atoms with E-state index >= 15 is 0 Å². The number of urea groups is 1. The molecule has 4 rings (SSSR count). The highest BCUT2D eigenvalue weighted by molar-refractivity contribution is 6.30. The number of hydrogen-bond donors (Lipinski definition) is 2. The Bertz CT molecular complexity index is 978. The maximum atomic E-state index is 12.9. The highest BCUT2D eigenvalue weighted by Crippen LogP contribution is 2.37. The second-order valence-corrected chi connectivity index (χ2v) is 7.01. The fourth-order valence-electron chi connectivity index (χ4n) is 3.12. The van der Waals surface area contributed by atoms with Gasteiger partial charge in [-0.3, -0.25) is 14.5 Å². The van der Waals surface area contributed by atoms with Gasteiger partial charge >= 0.3 is 6.03 Å². The summed E-state index contributed by atoms with van der Waals surface area (Å²) in [6.07, 6.45) is 0. The Morgan fingerprint density at radius 2 is 1.89 bits per heavy atom. The Balaban J connectivity index is 1.50. The molecule has 0 aliphatic carbocycles. The van der Waals surface area contributed by atoms with Crippen LogP contribution in [0.15, 0.2) is 42.5 Å². The van der Waals surface area contributed by atoms with Gasteiger partial charge in [0.25, 0.3) is 5.91 Å². The van der Waals surface area contributed by atoms with Gasteiger partial charge < -0.3 is 20.1 Å². The Morgan fingerprint density at radius 3 is 2.64 bits per heavy atom. The summed E-state index contributed by atoms with van der Waals surface area (Å²) in [7, 11) is 0. The van der Waals surface area contributed by atoms with Gasteiger partial charge in [-0.1, -0.05) is 17.7 Å². The number of ether oxygens (including phenoxy) is 2. The van der Waals surface area contributed by atoms with E-state index in [0.29, 0.717) is 27.8 Å². The number of imide groups is 1. The first-order valence-electron chi connectivity index (χ1n) is 8.46. The highest BCUT2D eigenvalue weighted by atomic mass is 35.5.